The van der Waals surface area contributed by atoms with E-state index in [-0.39, 0.29) is 0 Å². The van der Waals surface area contributed by atoms with Gasteiger partial charge in [0.2, 0.25) is 0 Å². The largest absolute Gasteiger partial charge is 0.311 e. The molecule has 1 fully saturated rings. The van der Waals surface area contributed by atoms with Crippen LogP contribution < -0.4 is 5.32 Å². The van der Waals surface area contributed by atoms with E-state index in [4.69, 9.17) is 0 Å². The predicted octanol–water partition coefficient (Wildman–Crippen LogP) is 5.15. The summed E-state index contributed by atoms with van der Waals surface area (Å²) in [5.74, 6) is 0. The van der Waals surface area contributed by atoms with Crippen LogP contribution in [-0.4, -0.2) is 6.54 Å². The van der Waals surface area contributed by atoms with Crippen LogP contribution in [0.25, 0.3) is 10.4 Å². The van der Waals surface area contributed by atoms with Crippen LogP contribution in [0.4, 0.5) is 0 Å². The number of nitrogens with one attached hydrogen (secondary N) is 1. The first-order valence-corrected chi connectivity index (χ1v) is 8.89. The van der Waals surface area contributed by atoms with Crippen molar-refractivity contribution in [2.24, 2.45) is 5.41 Å². The van der Waals surface area contributed by atoms with E-state index in [2.05, 4.69) is 41.2 Å². The zero-order chi connectivity index (χ0) is 13.1. The molecule has 3 rings (SSSR count). The molecular weight excluding hydrogens is 270 g/mol. The smallest absolute Gasteiger partial charge is 0.0351 e. The maximum Gasteiger partial charge on any atom is 0.0351 e. The van der Waals surface area contributed by atoms with E-state index in [9.17, 15) is 0 Å². The second kappa shape index (κ2) is 5.78. The van der Waals surface area contributed by atoms with Gasteiger partial charge in [0.15, 0.2) is 0 Å². The number of thiophene rings is 2. The molecule has 0 unspecified atom stereocenters. The molecule has 0 saturated heterocycles. The van der Waals surface area contributed by atoms with Crippen LogP contribution in [-0.2, 0) is 6.54 Å². The summed E-state index contributed by atoms with van der Waals surface area (Å²) in [5, 5.41) is 8.09. The Balaban J connectivity index is 1.53. The van der Waals surface area contributed by atoms with Gasteiger partial charge in [0.1, 0.15) is 0 Å². The first kappa shape index (κ1) is 13.3. The lowest BCUT2D eigenvalue weighted by atomic mass is 9.67. The Bertz CT molecular complexity index is 503. The lowest BCUT2D eigenvalue weighted by Gasteiger charge is -2.41. The van der Waals surface area contributed by atoms with E-state index in [0.717, 1.165) is 6.54 Å². The molecule has 0 radical (unpaired) electrons. The van der Waals surface area contributed by atoms with Crippen molar-refractivity contribution >= 4 is 22.7 Å². The Morgan fingerprint density at radius 2 is 2.21 bits per heavy atom. The molecule has 1 N–H and O–H groups in total. The highest BCUT2D eigenvalue weighted by molar-refractivity contribution is 7.14. The molecular formula is C16H21NS2. The van der Waals surface area contributed by atoms with Gasteiger partial charge in [-0.15, -0.1) is 22.7 Å². The van der Waals surface area contributed by atoms with E-state index in [0.29, 0.717) is 5.41 Å². The molecule has 102 valence electrons. The Morgan fingerprint density at radius 3 is 2.84 bits per heavy atom. The lowest BCUT2D eigenvalue weighted by Crippen LogP contribution is -2.39. The van der Waals surface area contributed by atoms with Crippen LogP contribution in [0.3, 0.4) is 0 Å². The van der Waals surface area contributed by atoms with Crippen LogP contribution in [0.5, 0.6) is 0 Å². The van der Waals surface area contributed by atoms with Gasteiger partial charge < -0.3 is 5.32 Å². The molecule has 2 aromatic heterocycles. The Labute approximate surface area is 123 Å². The average Bonchev–Trinajstić information content (AvgIpc) is 3.02. The highest BCUT2D eigenvalue weighted by atomic mass is 32.1. The van der Waals surface area contributed by atoms with E-state index >= 15 is 0 Å². The molecule has 0 bridgehead atoms. The third-order valence-electron chi connectivity index (χ3n) is 4.42. The van der Waals surface area contributed by atoms with Crippen molar-refractivity contribution in [2.75, 3.05) is 6.54 Å². The van der Waals surface area contributed by atoms with Gasteiger partial charge in [-0.05, 0) is 47.6 Å². The van der Waals surface area contributed by atoms with Gasteiger partial charge in [-0.3, -0.25) is 0 Å². The molecule has 2 heterocycles. The van der Waals surface area contributed by atoms with Crippen molar-refractivity contribution in [2.45, 2.75) is 39.2 Å². The van der Waals surface area contributed by atoms with Crippen molar-refractivity contribution in [1.82, 2.24) is 5.32 Å². The minimum atomic E-state index is 0.619. The van der Waals surface area contributed by atoms with E-state index < -0.39 is 0 Å². The summed E-state index contributed by atoms with van der Waals surface area (Å²) in [7, 11) is 0. The standard InChI is InChI=1S/C16H21NS2/c1-2-16(6-4-7-16)12-17-10-14-9-13(11-19-14)15-5-3-8-18-15/h3,5,8-9,11,17H,2,4,6-7,10,12H2,1H3. The summed E-state index contributed by atoms with van der Waals surface area (Å²) in [6.45, 7) is 4.55. The zero-order valence-corrected chi connectivity index (χ0v) is 13.1. The van der Waals surface area contributed by atoms with Gasteiger partial charge in [0.25, 0.3) is 0 Å². The Kier molecular flexibility index (Phi) is 4.06. The first-order chi connectivity index (χ1) is 9.31. The number of hydrogen-bond donors (Lipinski definition) is 1. The van der Waals surface area contributed by atoms with Crippen LogP contribution in [0, 0.1) is 5.41 Å². The third-order valence-corrected chi connectivity index (χ3v) is 6.28. The van der Waals surface area contributed by atoms with Crippen molar-refractivity contribution < 1.29 is 0 Å². The molecule has 19 heavy (non-hydrogen) atoms. The van der Waals surface area contributed by atoms with Crippen LogP contribution in [0.2, 0.25) is 0 Å². The predicted molar refractivity (Wildman–Crippen MR) is 85.9 cm³/mol. The summed E-state index contributed by atoms with van der Waals surface area (Å²) in [6, 6.07) is 6.66. The van der Waals surface area contributed by atoms with Crippen LogP contribution in [0.1, 0.15) is 37.5 Å². The lowest BCUT2D eigenvalue weighted by molar-refractivity contribution is 0.124. The molecule has 1 aliphatic carbocycles. The molecule has 0 spiro atoms. The average molecular weight is 291 g/mol. The quantitative estimate of drug-likeness (QED) is 0.776. The van der Waals surface area contributed by atoms with Crippen LogP contribution in [0.15, 0.2) is 29.0 Å². The highest BCUT2D eigenvalue weighted by Gasteiger charge is 2.34. The number of rotatable bonds is 6. The molecule has 3 heteroatoms. The minimum absolute atomic E-state index is 0.619. The second-order valence-corrected chi connectivity index (χ2v) is 7.53. The fourth-order valence-corrected chi connectivity index (χ4v) is 4.47. The van der Waals surface area contributed by atoms with Crippen molar-refractivity contribution in [1.29, 1.82) is 0 Å². The minimum Gasteiger partial charge on any atom is -0.311 e. The normalized spacial score (nSPS) is 17.3. The summed E-state index contributed by atoms with van der Waals surface area (Å²) in [6.07, 6.45) is 5.59. The molecule has 0 amide bonds. The first-order valence-electron chi connectivity index (χ1n) is 7.13. The van der Waals surface area contributed by atoms with Crippen molar-refractivity contribution in [3.63, 3.8) is 0 Å². The van der Waals surface area contributed by atoms with E-state index in [1.54, 1.807) is 0 Å². The van der Waals surface area contributed by atoms with Gasteiger partial charge in [-0.25, -0.2) is 0 Å². The molecule has 0 aliphatic heterocycles. The summed E-state index contributed by atoms with van der Waals surface area (Å²) in [4.78, 5) is 2.83. The molecule has 1 nitrogen and oxygen atoms in total. The van der Waals surface area contributed by atoms with Gasteiger partial charge in [0, 0.05) is 28.4 Å². The Morgan fingerprint density at radius 1 is 1.32 bits per heavy atom. The molecule has 2 aromatic rings. The summed E-state index contributed by atoms with van der Waals surface area (Å²) in [5.41, 5.74) is 2.00. The molecule has 1 saturated carbocycles. The molecule has 0 aromatic carbocycles. The number of hydrogen-bond acceptors (Lipinski definition) is 3. The molecule has 1 aliphatic rings. The SMILES string of the molecule is CCC1(CNCc2cc(-c3cccs3)cs2)CCC1. The fourth-order valence-electron chi connectivity index (χ4n) is 2.83. The van der Waals surface area contributed by atoms with Gasteiger partial charge in [-0.2, -0.15) is 0 Å². The van der Waals surface area contributed by atoms with Crippen molar-refractivity contribution in [3.8, 4) is 10.4 Å². The summed E-state index contributed by atoms with van der Waals surface area (Å²) < 4.78 is 0. The van der Waals surface area contributed by atoms with Gasteiger partial charge in [-0.1, -0.05) is 19.4 Å². The van der Waals surface area contributed by atoms with E-state index in [1.165, 1.54) is 47.5 Å². The monoisotopic (exact) mass is 291 g/mol. The van der Waals surface area contributed by atoms with Crippen LogP contribution >= 0.6 is 22.7 Å². The second-order valence-electron chi connectivity index (χ2n) is 5.59. The maximum atomic E-state index is 3.67. The third kappa shape index (κ3) is 2.93. The fraction of sp³-hybridized carbons (Fsp3) is 0.500. The maximum absolute atomic E-state index is 3.67. The van der Waals surface area contributed by atoms with Gasteiger partial charge >= 0.3 is 0 Å². The highest BCUT2D eigenvalue weighted by Crippen LogP contribution is 2.43. The zero-order valence-electron chi connectivity index (χ0n) is 11.4. The summed E-state index contributed by atoms with van der Waals surface area (Å²) >= 11 is 3.70. The van der Waals surface area contributed by atoms with Gasteiger partial charge in [0.05, 0.1) is 0 Å². The van der Waals surface area contributed by atoms with E-state index in [1.807, 2.05) is 22.7 Å². The van der Waals surface area contributed by atoms with Crippen molar-refractivity contribution in [3.05, 3.63) is 33.8 Å². The Hall–Kier alpha value is -0.640. The topological polar surface area (TPSA) is 12.0 Å². The molecule has 0 atom stereocenters.